The molecule has 1 heterocycles. The number of piperidine rings is 1. The molecule has 1 aromatic rings. The van der Waals surface area contributed by atoms with E-state index in [0.29, 0.717) is 26.1 Å². The van der Waals surface area contributed by atoms with E-state index in [1.54, 1.807) is 12.1 Å². The summed E-state index contributed by atoms with van der Waals surface area (Å²) in [4.78, 5) is 37.3. The lowest BCUT2D eigenvalue weighted by Crippen LogP contribution is -2.43. The molecule has 0 aliphatic carbocycles. The van der Waals surface area contributed by atoms with Crippen LogP contribution in [0.1, 0.15) is 38.7 Å². The van der Waals surface area contributed by atoms with Crippen LogP contribution in [0.15, 0.2) is 24.3 Å². The Labute approximate surface area is 149 Å². The first-order valence-corrected chi connectivity index (χ1v) is 8.91. The maximum atomic E-state index is 12.4. The van der Waals surface area contributed by atoms with Crippen molar-refractivity contribution < 1.29 is 14.4 Å². The molecule has 2 N–H and O–H groups in total. The summed E-state index contributed by atoms with van der Waals surface area (Å²) < 4.78 is 0. The number of amides is 3. The molecule has 0 aromatic heterocycles. The van der Waals surface area contributed by atoms with Gasteiger partial charge in [-0.3, -0.25) is 14.4 Å². The van der Waals surface area contributed by atoms with Gasteiger partial charge in [-0.05, 0) is 37.0 Å². The second-order valence-corrected chi connectivity index (χ2v) is 6.50. The van der Waals surface area contributed by atoms with Gasteiger partial charge in [0.25, 0.3) is 0 Å². The fourth-order valence-electron chi connectivity index (χ4n) is 2.98. The molecule has 1 aliphatic heterocycles. The van der Waals surface area contributed by atoms with Crippen LogP contribution in [0, 0.1) is 5.92 Å². The van der Waals surface area contributed by atoms with Crippen LogP contribution < -0.4 is 10.6 Å². The van der Waals surface area contributed by atoms with Gasteiger partial charge in [-0.25, -0.2) is 0 Å². The highest BCUT2D eigenvalue weighted by Gasteiger charge is 2.26. The van der Waals surface area contributed by atoms with E-state index < -0.39 is 0 Å². The summed E-state index contributed by atoms with van der Waals surface area (Å²) in [5.41, 5.74) is 1.64. The highest BCUT2D eigenvalue weighted by Crippen LogP contribution is 2.19. The van der Waals surface area contributed by atoms with E-state index in [1.807, 2.05) is 24.0 Å². The summed E-state index contributed by atoms with van der Waals surface area (Å²) in [5.74, 6) is 0.101. The fraction of sp³-hybridized carbons (Fsp3) is 0.526. The van der Waals surface area contributed by atoms with Gasteiger partial charge >= 0.3 is 0 Å². The molecule has 0 bridgehead atoms. The first-order chi connectivity index (χ1) is 12.0. The molecule has 0 spiro atoms. The molecule has 136 valence electrons. The van der Waals surface area contributed by atoms with Crippen molar-refractivity contribution in [3.8, 4) is 0 Å². The molecule has 0 unspecified atom stereocenters. The zero-order valence-electron chi connectivity index (χ0n) is 15.0. The first-order valence-electron chi connectivity index (χ1n) is 8.91. The lowest BCUT2D eigenvalue weighted by molar-refractivity contribution is -0.135. The van der Waals surface area contributed by atoms with Crippen LogP contribution in [0.3, 0.4) is 0 Å². The zero-order chi connectivity index (χ0) is 18.2. The van der Waals surface area contributed by atoms with E-state index in [-0.39, 0.29) is 23.6 Å². The smallest absolute Gasteiger partial charge is 0.226 e. The predicted molar refractivity (Wildman–Crippen MR) is 97.1 cm³/mol. The number of hydrogen-bond acceptors (Lipinski definition) is 3. The van der Waals surface area contributed by atoms with Gasteiger partial charge < -0.3 is 15.5 Å². The molecule has 3 amide bonds. The summed E-state index contributed by atoms with van der Waals surface area (Å²) in [6, 6.07) is 7.31. The molecule has 6 nitrogen and oxygen atoms in total. The van der Waals surface area contributed by atoms with Crippen LogP contribution >= 0.6 is 0 Å². The largest absolute Gasteiger partial charge is 0.356 e. The number of carbonyl (C=O) groups excluding carboxylic acids is 3. The minimum absolute atomic E-state index is 0.0209. The molecule has 1 saturated heterocycles. The van der Waals surface area contributed by atoms with Crippen molar-refractivity contribution in [3.63, 3.8) is 0 Å². The molecule has 25 heavy (non-hydrogen) atoms. The Bertz CT molecular complexity index is 605. The highest BCUT2D eigenvalue weighted by molar-refractivity contribution is 5.88. The van der Waals surface area contributed by atoms with E-state index in [4.69, 9.17) is 0 Å². The van der Waals surface area contributed by atoms with Crippen LogP contribution in [0.4, 0.5) is 5.69 Å². The maximum Gasteiger partial charge on any atom is 0.226 e. The topological polar surface area (TPSA) is 78.5 Å². The van der Waals surface area contributed by atoms with Crippen LogP contribution in [-0.4, -0.2) is 42.3 Å². The number of anilines is 1. The zero-order valence-corrected chi connectivity index (χ0v) is 15.0. The average molecular weight is 345 g/mol. The Morgan fingerprint density at radius 3 is 2.32 bits per heavy atom. The monoisotopic (exact) mass is 345 g/mol. The van der Waals surface area contributed by atoms with Crippen molar-refractivity contribution in [2.75, 3.05) is 25.0 Å². The highest BCUT2D eigenvalue weighted by atomic mass is 16.2. The van der Waals surface area contributed by atoms with Gasteiger partial charge in [0, 0.05) is 38.2 Å². The number of nitrogens with zero attached hydrogens (tertiary/aromatic N) is 1. The van der Waals surface area contributed by atoms with Gasteiger partial charge in [0.15, 0.2) is 0 Å². The predicted octanol–water partition coefficient (Wildman–Crippen LogP) is 1.95. The first kappa shape index (κ1) is 19.0. The van der Waals surface area contributed by atoms with E-state index in [9.17, 15) is 14.4 Å². The molecule has 1 fully saturated rings. The van der Waals surface area contributed by atoms with Crippen molar-refractivity contribution in [2.45, 2.75) is 39.5 Å². The minimum atomic E-state index is -0.116. The van der Waals surface area contributed by atoms with Gasteiger partial charge in [0.05, 0.1) is 6.42 Å². The second-order valence-electron chi connectivity index (χ2n) is 6.50. The molecule has 1 aliphatic rings. The third kappa shape index (κ3) is 5.89. The van der Waals surface area contributed by atoms with Crippen molar-refractivity contribution in [2.24, 2.45) is 5.92 Å². The Morgan fingerprint density at radius 1 is 1.12 bits per heavy atom. The van der Waals surface area contributed by atoms with Gasteiger partial charge in [0.2, 0.25) is 17.7 Å². The summed E-state index contributed by atoms with van der Waals surface area (Å²) in [6.45, 7) is 5.47. The van der Waals surface area contributed by atoms with Crippen LogP contribution in [0.2, 0.25) is 0 Å². The van der Waals surface area contributed by atoms with Crippen LogP contribution in [0.5, 0.6) is 0 Å². The third-order valence-corrected chi connectivity index (χ3v) is 4.40. The molecule has 0 saturated carbocycles. The lowest BCUT2D eigenvalue weighted by Gasteiger charge is -2.31. The van der Waals surface area contributed by atoms with Crippen molar-refractivity contribution in [1.29, 1.82) is 0 Å². The SMILES string of the molecule is CCCNC(=O)C1CCN(C(=O)Cc2ccc(NC(C)=O)cc2)CC1. The molecule has 0 atom stereocenters. The summed E-state index contributed by atoms with van der Waals surface area (Å²) in [6.07, 6.45) is 2.72. The Balaban J connectivity index is 1.80. The molecule has 6 heteroatoms. The van der Waals surface area contributed by atoms with Crippen molar-refractivity contribution in [3.05, 3.63) is 29.8 Å². The Kier molecular flexibility index (Phi) is 6.98. The van der Waals surface area contributed by atoms with Crippen LogP contribution in [-0.2, 0) is 20.8 Å². The third-order valence-electron chi connectivity index (χ3n) is 4.40. The van der Waals surface area contributed by atoms with E-state index in [0.717, 1.165) is 30.5 Å². The summed E-state index contributed by atoms with van der Waals surface area (Å²) in [5, 5.41) is 5.64. The van der Waals surface area contributed by atoms with E-state index in [2.05, 4.69) is 10.6 Å². The van der Waals surface area contributed by atoms with Gasteiger partial charge in [-0.2, -0.15) is 0 Å². The standard InChI is InChI=1S/C19H27N3O3/c1-3-10-20-19(25)16-8-11-22(12-9-16)18(24)13-15-4-6-17(7-5-15)21-14(2)23/h4-7,16H,3,8-13H2,1-2H3,(H,20,25)(H,21,23). The Morgan fingerprint density at radius 2 is 1.76 bits per heavy atom. The molecule has 1 aromatic carbocycles. The number of rotatable bonds is 6. The number of hydrogen-bond donors (Lipinski definition) is 2. The summed E-state index contributed by atoms with van der Waals surface area (Å²) >= 11 is 0. The van der Waals surface area contributed by atoms with Gasteiger partial charge in [0.1, 0.15) is 0 Å². The fourth-order valence-corrected chi connectivity index (χ4v) is 2.98. The molecule has 2 rings (SSSR count). The summed E-state index contributed by atoms with van der Waals surface area (Å²) in [7, 11) is 0. The van der Waals surface area contributed by atoms with E-state index >= 15 is 0 Å². The average Bonchev–Trinajstić information content (AvgIpc) is 2.61. The van der Waals surface area contributed by atoms with Gasteiger partial charge in [-0.1, -0.05) is 19.1 Å². The molecular formula is C19H27N3O3. The van der Waals surface area contributed by atoms with Crippen molar-refractivity contribution >= 4 is 23.4 Å². The Hall–Kier alpha value is -2.37. The number of carbonyl (C=O) groups is 3. The maximum absolute atomic E-state index is 12.4. The van der Waals surface area contributed by atoms with E-state index in [1.165, 1.54) is 6.92 Å². The minimum Gasteiger partial charge on any atom is -0.356 e. The lowest BCUT2D eigenvalue weighted by atomic mass is 9.95. The molecule has 0 radical (unpaired) electrons. The molecular weight excluding hydrogens is 318 g/mol. The quantitative estimate of drug-likeness (QED) is 0.827. The number of likely N-dealkylation sites (tertiary alicyclic amines) is 1. The van der Waals surface area contributed by atoms with Crippen molar-refractivity contribution in [1.82, 2.24) is 10.2 Å². The van der Waals surface area contributed by atoms with Crippen LogP contribution in [0.25, 0.3) is 0 Å². The number of nitrogens with one attached hydrogen (secondary N) is 2. The second kappa shape index (κ2) is 9.20. The number of benzene rings is 1. The normalized spacial score (nSPS) is 14.9. The van der Waals surface area contributed by atoms with Gasteiger partial charge in [-0.15, -0.1) is 0 Å².